The van der Waals surface area contributed by atoms with Gasteiger partial charge in [0.25, 0.3) is 0 Å². The topological polar surface area (TPSA) is 0 Å². The van der Waals surface area contributed by atoms with Crippen LogP contribution in [0, 0.1) is 0 Å². The van der Waals surface area contributed by atoms with E-state index in [1.807, 2.05) is 0 Å². The van der Waals surface area contributed by atoms with Crippen molar-refractivity contribution in [1.29, 1.82) is 0 Å². The van der Waals surface area contributed by atoms with Crippen molar-refractivity contribution in [3.63, 3.8) is 0 Å². The fraction of sp³-hybridized carbons (Fsp3) is 1.00. The van der Waals surface area contributed by atoms with E-state index in [9.17, 15) is 8.78 Å². The van der Waals surface area contributed by atoms with Gasteiger partial charge in [0, 0.05) is 0 Å². The Kier molecular flexibility index (Phi) is 6.44. The zero-order valence-electron chi connectivity index (χ0n) is 5.49. The van der Waals surface area contributed by atoms with Gasteiger partial charge in [0.15, 0.2) is 5.63 Å². The van der Waals surface area contributed by atoms with Gasteiger partial charge in [-0.05, 0) is 19.3 Å². The summed E-state index contributed by atoms with van der Waals surface area (Å²) in [6.07, 6.45) is 1.47. The van der Waals surface area contributed by atoms with Gasteiger partial charge in [-0.1, -0.05) is 11.6 Å². The van der Waals surface area contributed by atoms with Crippen LogP contribution in [-0.2, 0) is 0 Å². The smallest absolute Gasteiger partial charge is 0.189 e. The van der Waals surface area contributed by atoms with Crippen molar-refractivity contribution < 1.29 is 8.78 Å². The fourth-order valence-corrected chi connectivity index (χ4v) is 0.840. The summed E-state index contributed by atoms with van der Waals surface area (Å²) in [4.78, 5) is 0. The Hall–Kier alpha value is 0.440. The zero-order valence-corrected chi connectivity index (χ0v) is 7.01. The third kappa shape index (κ3) is 5.24. The number of hydrogen-bond acceptors (Lipinski definition) is 0. The lowest BCUT2D eigenvalue weighted by Crippen LogP contribution is -2.08. The number of rotatable bonds is 5. The average Bonchev–Trinajstić information content (AvgIpc) is 1.88. The van der Waals surface area contributed by atoms with E-state index in [0.717, 1.165) is 0 Å². The second-order valence-electron chi connectivity index (χ2n) is 2.04. The molecular weight excluding hydrogens is 181 g/mol. The van der Waals surface area contributed by atoms with Gasteiger partial charge in [-0.3, -0.25) is 4.39 Å². The Bertz CT molecular complexity index is 78.1. The van der Waals surface area contributed by atoms with Crippen molar-refractivity contribution in [2.75, 3.05) is 6.67 Å². The van der Waals surface area contributed by atoms with Crippen LogP contribution in [0.4, 0.5) is 8.78 Å². The molecule has 0 amide bonds. The molecule has 0 aliphatic heterocycles. The predicted octanol–water partition coefficient (Wildman–Crippen LogP) is 3.27. The summed E-state index contributed by atoms with van der Waals surface area (Å²) in [5.74, 6) is 0. The molecule has 0 saturated carbocycles. The molecule has 10 heavy (non-hydrogen) atoms. The van der Waals surface area contributed by atoms with E-state index in [2.05, 4.69) is 0 Å². The minimum absolute atomic E-state index is 0.372. The number of hydrogen-bond donors (Lipinski definition) is 0. The van der Waals surface area contributed by atoms with Crippen molar-refractivity contribution in [1.82, 2.24) is 0 Å². The molecule has 0 radical (unpaired) electrons. The molecule has 62 valence electrons. The highest BCUT2D eigenvalue weighted by atomic mass is 35.5. The molecule has 0 N–H and O–H groups in total. The van der Waals surface area contributed by atoms with Crippen molar-refractivity contribution in [3.05, 3.63) is 0 Å². The zero-order chi connectivity index (χ0) is 7.98. The van der Waals surface area contributed by atoms with Gasteiger partial charge in [0.1, 0.15) is 0 Å². The van der Waals surface area contributed by atoms with Crippen LogP contribution in [0.3, 0.4) is 0 Å². The molecule has 0 rings (SSSR count). The van der Waals surface area contributed by atoms with Crippen LogP contribution in [0.25, 0.3) is 0 Å². The molecule has 0 saturated heterocycles. The fourth-order valence-electron chi connectivity index (χ4n) is 0.560. The van der Waals surface area contributed by atoms with Gasteiger partial charge in [0.2, 0.25) is 0 Å². The van der Waals surface area contributed by atoms with E-state index in [-0.39, 0.29) is 6.67 Å². The van der Waals surface area contributed by atoms with Gasteiger partial charge in [-0.15, -0.1) is 11.6 Å². The molecule has 2 atom stereocenters. The molecule has 0 aromatic rings. The Balaban J connectivity index is 3.13. The van der Waals surface area contributed by atoms with Crippen LogP contribution in [0.2, 0.25) is 0 Å². The molecule has 4 heteroatoms. The van der Waals surface area contributed by atoms with Crippen LogP contribution in [0.15, 0.2) is 0 Å². The van der Waals surface area contributed by atoms with Crippen LogP contribution >= 0.6 is 23.2 Å². The second kappa shape index (κ2) is 6.17. The average molecular weight is 191 g/mol. The van der Waals surface area contributed by atoms with Crippen molar-refractivity contribution >= 4 is 23.2 Å². The summed E-state index contributed by atoms with van der Waals surface area (Å²) >= 11 is 10.4. The number of alkyl halides is 4. The quantitative estimate of drug-likeness (QED) is 0.462. The minimum Gasteiger partial charge on any atom is -0.251 e. The lowest BCUT2D eigenvalue weighted by Gasteiger charge is -2.06. The second-order valence-corrected chi connectivity index (χ2v) is 3.01. The SMILES string of the molecule is FCCCCC(Cl)C(F)Cl. The minimum atomic E-state index is -1.51. The van der Waals surface area contributed by atoms with Crippen molar-refractivity contribution in [3.8, 4) is 0 Å². The molecule has 0 heterocycles. The number of halogens is 4. The lowest BCUT2D eigenvalue weighted by molar-refractivity contribution is 0.398. The molecule has 0 nitrogen and oxygen atoms in total. The monoisotopic (exact) mass is 190 g/mol. The first-order chi connectivity index (χ1) is 4.68. The standard InChI is InChI=1S/C6H10Cl2F2/c7-5(6(8)10)3-1-2-4-9/h5-6H,1-4H2. The van der Waals surface area contributed by atoms with Gasteiger partial charge < -0.3 is 0 Å². The van der Waals surface area contributed by atoms with E-state index in [1.54, 1.807) is 0 Å². The normalized spacial score (nSPS) is 16.8. The summed E-state index contributed by atoms with van der Waals surface area (Å²) in [7, 11) is 0. The van der Waals surface area contributed by atoms with E-state index in [4.69, 9.17) is 23.2 Å². The Labute approximate surface area is 69.5 Å². The molecule has 2 unspecified atom stereocenters. The summed E-state index contributed by atoms with van der Waals surface area (Å²) in [6, 6.07) is 0. The first-order valence-electron chi connectivity index (χ1n) is 3.16. The van der Waals surface area contributed by atoms with Gasteiger partial charge in [-0.2, -0.15) is 0 Å². The van der Waals surface area contributed by atoms with Crippen molar-refractivity contribution in [2.24, 2.45) is 0 Å². The molecule has 0 aliphatic carbocycles. The maximum absolute atomic E-state index is 12.1. The van der Waals surface area contributed by atoms with E-state index in [0.29, 0.717) is 19.3 Å². The van der Waals surface area contributed by atoms with E-state index >= 15 is 0 Å². The van der Waals surface area contributed by atoms with E-state index < -0.39 is 11.0 Å². The summed E-state index contributed by atoms with van der Waals surface area (Å²) in [6.45, 7) is -0.372. The van der Waals surface area contributed by atoms with Crippen LogP contribution in [-0.4, -0.2) is 17.7 Å². The van der Waals surface area contributed by atoms with Crippen LogP contribution < -0.4 is 0 Å². The third-order valence-electron chi connectivity index (χ3n) is 1.14. The molecule has 0 aromatic heterocycles. The maximum atomic E-state index is 12.1. The van der Waals surface area contributed by atoms with Gasteiger partial charge >= 0.3 is 0 Å². The first kappa shape index (κ1) is 10.4. The van der Waals surface area contributed by atoms with Gasteiger partial charge in [-0.25, -0.2) is 4.39 Å². The Morgan fingerprint density at radius 3 is 2.20 bits per heavy atom. The largest absolute Gasteiger partial charge is 0.251 e. The lowest BCUT2D eigenvalue weighted by atomic mass is 10.2. The summed E-state index contributed by atoms with van der Waals surface area (Å²) < 4.78 is 23.5. The molecule has 0 aliphatic rings. The molecule has 0 aromatic carbocycles. The number of unbranched alkanes of at least 4 members (excludes halogenated alkanes) is 1. The Morgan fingerprint density at radius 1 is 1.20 bits per heavy atom. The van der Waals surface area contributed by atoms with Crippen LogP contribution in [0.1, 0.15) is 19.3 Å². The summed E-state index contributed by atoms with van der Waals surface area (Å²) in [5, 5.41) is -0.673. The molecule has 0 bridgehead atoms. The first-order valence-corrected chi connectivity index (χ1v) is 4.04. The summed E-state index contributed by atoms with van der Waals surface area (Å²) in [5.41, 5.74) is -1.51. The highest BCUT2D eigenvalue weighted by Crippen LogP contribution is 2.17. The molecule has 0 fully saturated rings. The Morgan fingerprint density at radius 2 is 1.80 bits per heavy atom. The maximum Gasteiger partial charge on any atom is 0.189 e. The van der Waals surface area contributed by atoms with Crippen LogP contribution in [0.5, 0.6) is 0 Å². The van der Waals surface area contributed by atoms with E-state index in [1.165, 1.54) is 0 Å². The third-order valence-corrected chi connectivity index (χ3v) is 2.01. The predicted molar refractivity (Wildman–Crippen MR) is 40.2 cm³/mol. The molecular formula is C6H10Cl2F2. The highest BCUT2D eigenvalue weighted by Gasteiger charge is 2.13. The van der Waals surface area contributed by atoms with Crippen molar-refractivity contribution in [2.45, 2.75) is 30.3 Å². The van der Waals surface area contributed by atoms with Gasteiger partial charge in [0.05, 0.1) is 12.1 Å². The molecule has 0 spiro atoms. The highest BCUT2D eigenvalue weighted by molar-refractivity contribution is 6.29.